The number of halogens is 1. The molecule has 0 bridgehead atoms. The van der Waals surface area contributed by atoms with E-state index >= 15 is 0 Å². The molecule has 4 rings (SSSR count). The lowest BCUT2D eigenvalue weighted by molar-refractivity contribution is -0.119. The SMILES string of the molecule is Cc1cccc(Cc2sc(NC(=O)[C@H]3CNC[C@@H]3c3cnn(C)c3)nc2C)c1.Cl. The Morgan fingerprint density at radius 3 is 2.90 bits per heavy atom. The summed E-state index contributed by atoms with van der Waals surface area (Å²) in [5.41, 5.74) is 4.60. The lowest BCUT2D eigenvalue weighted by Crippen LogP contribution is -2.28. The van der Waals surface area contributed by atoms with Gasteiger partial charge in [0.1, 0.15) is 0 Å². The highest BCUT2D eigenvalue weighted by molar-refractivity contribution is 7.15. The van der Waals surface area contributed by atoms with Gasteiger partial charge in [-0.1, -0.05) is 29.8 Å². The fraction of sp³-hybridized carbons (Fsp3) is 0.381. The van der Waals surface area contributed by atoms with E-state index in [0.29, 0.717) is 11.7 Å². The molecule has 0 radical (unpaired) electrons. The van der Waals surface area contributed by atoms with Crippen molar-refractivity contribution in [3.05, 3.63) is 63.9 Å². The van der Waals surface area contributed by atoms with Crippen molar-refractivity contribution in [2.45, 2.75) is 26.2 Å². The Balaban J connectivity index is 0.00000240. The Labute approximate surface area is 181 Å². The summed E-state index contributed by atoms with van der Waals surface area (Å²) in [5.74, 6) is 0.0462. The van der Waals surface area contributed by atoms with Crippen LogP contribution in [0, 0.1) is 19.8 Å². The minimum absolute atomic E-state index is 0. The molecule has 0 saturated carbocycles. The number of hydrogen-bond donors (Lipinski definition) is 2. The molecule has 8 heteroatoms. The van der Waals surface area contributed by atoms with Gasteiger partial charge < -0.3 is 10.6 Å². The summed E-state index contributed by atoms with van der Waals surface area (Å²) >= 11 is 1.57. The Bertz CT molecular complexity index is 999. The maximum absolute atomic E-state index is 12.9. The van der Waals surface area contributed by atoms with Crippen molar-refractivity contribution in [3.8, 4) is 0 Å². The summed E-state index contributed by atoms with van der Waals surface area (Å²) < 4.78 is 1.78. The molecular weight excluding hydrogens is 406 g/mol. The number of nitrogens with one attached hydrogen (secondary N) is 2. The van der Waals surface area contributed by atoms with E-state index in [0.717, 1.165) is 24.2 Å². The first kappa shape index (κ1) is 21.5. The molecule has 1 amide bonds. The lowest BCUT2D eigenvalue weighted by atomic mass is 9.90. The normalized spacial score (nSPS) is 18.4. The largest absolute Gasteiger partial charge is 0.315 e. The molecule has 0 unspecified atom stereocenters. The Kier molecular flexibility index (Phi) is 6.72. The molecule has 1 aliphatic heterocycles. The van der Waals surface area contributed by atoms with E-state index in [4.69, 9.17) is 0 Å². The van der Waals surface area contributed by atoms with Gasteiger partial charge in [-0.05, 0) is 25.0 Å². The third-order valence-electron chi connectivity index (χ3n) is 5.27. The van der Waals surface area contributed by atoms with Crippen molar-refractivity contribution in [1.82, 2.24) is 20.1 Å². The molecule has 2 atom stereocenters. The highest BCUT2D eigenvalue weighted by Crippen LogP contribution is 2.30. The highest BCUT2D eigenvalue weighted by atomic mass is 35.5. The predicted molar refractivity (Wildman–Crippen MR) is 119 cm³/mol. The van der Waals surface area contributed by atoms with E-state index in [1.54, 1.807) is 16.0 Å². The third-order valence-corrected chi connectivity index (χ3v) is 6.35. The highest BCUT2D eigenvalue weighted by Gasteiger charge is 2.35. The van der Waals surface area contributed by atoms with Gasteiger partial charge >= 0.3 is 0 Å². The van der Waals surface area contributed by atoms with Gasteiger partial charge in [0.15, 0.2) is 5.13 Å². The monoisotopic (exact) mass is 431 g/mol. The van der Waals surface area contributed by atoms with Crippen LogP contribution in [0.5, 0.6) is 0 Å². The van der Waals surface area contributed by atoms with E-state index in [9.17, 15) is 4.79 Å². The van der Waals surface area contributed by atoms with Crippen LogP contribution in [0.3, 0.4) is 0 Å². The maximum Gasteiger partial charge on any atom is 0.231 e. The number of carbonyl (C=O) groups excluding carboxylic acids is 1. The number of amides is 1. The second kappa shape index (κ2) is 9.07. The molecule has 29 heavy (non-hydrogen) atoms. The summed E-state index contributed by atoms with van der Waals surface area (Å²) in [6.07, 6.45) is 4.68. The fourth-order valence-corrected chi connectivity index (χ4v) is 4.79. The van der Waals surface area contributed by atoms with Crippen LogP contribution in [-0.2, 0) is 18.3 Å². The number of hydrogen-bond acceptors (Lipinski definition) is 5. The number of thiazole rings is 1. The molecule has 6 nitrogen and oxygen atoms in total. The van der Waals surface area contributed by atoms with Crippen LogP contribution >= 0.6 is 23.7 Å². The molecule has 1 fully saturated rings. The van der Waals surface area contributed by atoms with E-state index < -0.39 is 0 Å². The minimum atomic E-state index is -0.117. The molecule has 0 aliphatic carbocycles. The zero-order chi connectivity index (χ0) is 19.7. The Morgan fingerprint density at radius 1 is 1.34 bits per heavy atom. The molecule has 1 aromatic carbocycles. The van der Waals surface area contributed by atoms with Crippen molar-refractivity contribution >= 4 is 34.8 Å². The number of nitrogens with zero attached hydrogens (tertiary/aromatic N) is 3. The topological polar surface area (TPSA) is 71.8 Å². The lowest BCUT2D eigenvalue weighted by Gasteiger charge is -2.15. The van der Waals surface area contributed by atoms with Gasteiger partial charge in [0.25, 0.3) is 0 Å². The average molecular weight is 432 g/mol. The van der Waals surface area contributed by atoms with Crippen molar-refractivity contribution in [3.63, 3.8) is 0 Å². The number of aryl methyl sites for hydroxylation is 3. The fourth-order valence-electron chi connectivity index (χ4n) is 3.79. The number of benzene rings is 1. The van der Waals surface area contributed by atoms with Crippen LogP contribution in [0.15, 0.2) is 36.7 Å². The van der Waals surface area contributed by atoms with E-state index in [1.165, 1.54) is 16.0 Å². The average Bonchev–Trinajstić information content (AvgIpc) is 3.36. The number of carbonyl (C=O) groups is 1. The molecule has 0 spiro atoms. The Morgan fingerprint density at radius 2 is 2.17 bits per heavy atom. The molecule has 2 N–H and O–H groups in total. The molecule has 1 aliphatic rings. The van der Waals surface area contributed by atoms with Crippen molar-refractivity contribution in [2.24, 2.45) is 13.0 Å². The van der Waals surface area contributed by atoms with E-state index in [1.807, 2.05) is 26.4 Å². The molecule has 154 valence electrons. The van der Waals surface area contributed by atoms with Crippen LogP contribution in [0.1, 0.15) is 33.2 Å². The van der Waals surface area contributed by atoms with Crippen molar-refractivity contribution < 1.29 is 4.79 Å². The molecule has 3 heterocycles. The maximum atomic E-state index is 12.9. The standard InChI is InChI=1S/C21H25N5OS.ClH/c1-13-5-4-6-15(7-13)8-19-14(2)24-21(28-19)25-20(27)18-11-22-10-17(18)16-9-23-26(3)12-16;/h4-7,9,12,17-18,22H,8,10-11H2,1-3H3,(H,24,25,27);1H/t17-,18+;/m1./s1. The van der Waals surface area contributed by atoms with Gasteiger partial charge in [0.05, 0.1) is 17.8 Å². The zero-order valence-electron chi connectivity index (χ0n) is 16.8. The van der Waals surface area contributed by atoms with Gasteiger partial charge in [-0.25, -0.2) is 4.98 Å². The van der Waals surface area contributed by atoms with Crippen molar-refractivity contribution in [2.75, 3.05) is 18.4 Å². The van der Waals surface area contributed by atoms with Gasteiger partial charge in [0.2, 0.25) is 5.91 Å². The number of anilines is 1. The Hall–Kier alpha value is -2.22. The first-order valence-electron chi connectivity index (χ1n) is 9.51. The van der Waals surface area contributed by atoms with Crippen molar-refractivity contribution in [1.29, 1.82) is 0 Å². The van der Waals surface area contributed by atoms with E-state index in [2.05, 4.69) is 51.9 Å². The predicted octanol–water partition coefficient (Wildman–Crippen LogP) is 3.45. The molecule has 3 aromatic rings. The molecular formula is C21H26ClN5OS. The van der Waals surface area contributed by atoms with Gasteiger partial charge in [0, 0.05) is 43.5 Å². The molecule has 2 aromatic heterocycles. The van der Waals surface area contributed by atoms with Crippen LogP contribution in [0.2, 0.25) is 0 Å². The van der Waals surface area contributed by atoms with Crippen LogP contribution < -0.4 is 10.6 Å². The van der Waals surface area contributed by atoms with Gasteiger partial charge in [-0.2, -0.15) is 5.10 Å². The summed E-state index contributed by atoms with van der Waals surface area (Å²) in [7, 11) is 1.90. The van der Waals surface area contributed by atoms with E-state index in [-0.39, 0.29) is 30.2 Å². The van der Waals surface area contributed by atoms with Crippen LogP contribution in [0.4, 0.5) is 5.13 Å². The van der Waals surface area contributed by atoms with Gasteiger partial charge in [-0.15, -0.1) is 23.7 Å². The van der Waals surface area contributed by atoms with Crippen LogP contribution in [0.25, 0.3) is 0 Å². The quantitative estimate of drug-likeness (QED) is 0.649. The smallest absolute Gasteiger partial charge is 0.231 e. The van der Waals surface area contributed by atoms with Gasteiger partial charge in [-0.3, -0.25) is 9.48 Å². The zero-order valence-corrected chi connectivity index (χ0v) is 18.4. The second-order valence-electron chi connectivity index (χ2n) is 7.50. The molecule has 1 saturated heterocycles. The summed E-state index contributed by atoms with van der Waals surface area (Å²) in [6.45, 7) is 5.57. The first-order chi connectivity index (χ1) is 13.5. The summed E-state index contributed by atoms with van der Waals surface area (Å²) in [4.78, 5) is 18.7. The number of aromatic nitrogens is 3. The van der Waals surface area contributed by atoms with Crippen LogP contribution in [-0.4, -0.2) is 33.8 Å². The summed E-state index contributed by atoms with van der Waals surface area (Å²) in [5, 5.41) is 11.3. The minimum Gasteiger partial charge on any atom is -0.315 e. The second-order valence-corrected chi connectivity index (χ2v) is 8.58. The summed E-state index contributed by atoms with van der Waals surface area (Å²) in [6, 6.07) is 8.51. The number of rotatable bonds is 5. The first-order valence-corrected chi connectivity index (χ1v) is 10.3. The third kappa shape index (κ3) is 4.86.